The summed E-state index contributed by atoms with van der Waals surface area (Å²) in [6, 6.07) is 7.80. The SMILES string of the molecule is CC(C)NC1CCCc2cc(Br)ccc21. The maximum Gasteiger partial charge on any atom is 0.0325 e. The summed E-state index contributed by atoms with van der Waals surface area (Å²) in [6.45, 7) is 4.43. The van der Waals surface area contributed by atoms with Crippen molar-refractivity contribution < 1.29 is 0 Å². The zero-order valence-electron chi connectivity index (χ0n) is 9.39. The van der Waals surface area contributed by atoms with E-state index in [-0.39, 0.29) is 0 Å². The number of fused-ring (bicyclic) bond motifs is 1. The van der Waals surface area contributed by atoms with Crippen molar-refractivity contribution in [3.63, 3.8) is 0 Å². The van der Waals surface area contributed by atoms with Gasteiger partial charge in [0.15, 0.2) is 0 Å². The van der Waals surface area contributed by atoms with Gasteiger partial charge in [0.1, 0.15) is 0 Å². The molecule has 1 aliphatic carbocycles. The van der Waals surface area contributed by atoms with Crippen LogP contribution in [0.3, 0.4) is 0 Å². The third-order valence-corrected chi connectivity index (χ3v) is 3.45. The van der Waals surface area contributed by atoms with E-state index in [0.29, 0.717) is 12.1 Å². The molecule has 1 nitrogen and oxygen atoms in total. The molecule has 1 aliphatic rings. The molecule has 0 bridgehead atoms. The highest BCUT2D eigenvalue weighted by Crippen LogP contribution is 2.31. The molecule has 0 aromatic heterocycles. The Morgan fingerprint density at radius 3 is 2.93 bits per heavy atom. The highest BCUT2D eigenvalue weighted by molar-refractivity contribution is 9.10. The first-order chi connectivity index (χ1) is 7.16. The fourth-order valence-corrected chi connectivity index (χ4v) is 2.77. The zero-order chi connectivity index (χ0) is 10.8. The molecule has 0 heterocycles. The van der Waals surface area contributed by atoms with E-state index >= 15 is 0 Å². The van der Waals surface area contributed by atoms with E-state index in [1.165, 1.54) is 34.9 Å². The second-order valence-corrected chi connectivity index (χ2v) is 5.52. The van der Waals surface area contributed by atoms with Gasteiger partial charge in [0.05, 0.1) is 0 Å². The summed E-state index contributed by atoms with van der Waals surface area (Å²) in [6.07, 6.45) is 3.80. The predicted octanol–water partition coefficient (Wildman–Crippen LogP) is 3.82. The summed E-state index contributed by atoms with van der Waals surface area (Å²) >= 11 is 3.54. The minimum atomic E-state index is 0.557. The number of aryl methyl sites for hydroxylation is 1. The van der Waals surface area contributed by atoms with Crippen molar-refractivity contribution in [2.45, 2.75) is 45.2 Å². The molecule has 1 atom stereocenters. The van der Waals surface area contributed by atoms with E-state index in [2.05, 4.69) is 53.3 Å². The van der Waals surface area contributed by atoms with Crippen LogP contribution in [0.4, 0.5) is 0 Å². The summed E-state index contributed by atoms with van der Waals surface area (Å²) < 4.78 is 1.20. The zero-order valence-corrected chi connectivity index (χ0v) is 11.0. The van der Waals surface area contributed by atoms with Crippen LogP contribution in [-0.4, -0.2) is 6.04 Å². The third-order valence-electron chi connectivity index (χ3n) is 2.95. The van der Waals surface area contributed by atoms with Crippen LogP contribution in [0.25, 0.3) is 0 Å². The van der Waals surface area contributed by atoms with Gasteiger partial charge < -0.3 is 5.32 Å². The lowest BCUT2D eigenvalue weighted by atomic mass is 9.87. The molecule has 82 valence electrons. The molecule has 2 rings (SSSR count). The summed E-state index contributed by atoms with van der Waals surface area (Å²) in [5, 5.41) is 3.64. The molecule has 1 unspecified atom stereocenters. The first kappa shape index (κ1) is 11.2. The number of nitrogens with one attached hydrogen (secondary N) is 1. The van der Waals surface area contributed by atoms with Crippen LogP contribution < -0.4 is 5.32 Å². The number of hydrogen-bond acceptors (Lipinski definition) is 1. The van der Waals surface area contributed by atoms with Crippen LogP contribution in [-0.2, 0) is 6.42 Å². The van der Waals surface area contributed by atoms with Gasteiger partial charge in [0, 0.05) is 16.6 Å². The largest absolute Gasteiger partial charge is 0.308 e. The topological polar surface area (TPSA) is 12.0 Å². The van der Waals surface area contributed by atoms with E-state index in [9.17, 15) is 0 Å². The van der Waals surface area contributed by atoms with Gasteiger partial charge in [-0.15, -0.1) is 0 Å². The van der Waals surface area contributed by atoms with E-state index in [4.69, 9.17) is 0 Å². The van der Waals surface area contributed by atoms with Gasteiger partial charge in [-0.1, -0.05) is 35.8 Å². The highest BCUT2D eigenvalue weighted by atomic mass is 79.9. The standard InChI is InChI=1S/C13H18BrN/c1-9(2)15-13-5-3-4-10-8-11(14)6-7-12(10)13/h6-9,13,15H,3-5H2,1-2H3. The van der Waals surface area contributed by atoms with Crippen LogP contribution in [0, 0.1) is 0 Å². The Balaban J connectivity index is 2.26. The Labute approximate surface area is 100 Å². The minimum Gasteiger partial charge on any atom is -0.308 e. The lowest BCUT2D eigenvalue weighted by Gasteiger charge is -2.28. The number of hydrogen-bond donors (Lipinski definition) is 1. The van der Waals surface area contributed by atoms with Crippen molar-refractivity contribution >= 4 is 15.9 Å². The Kier molecular flexibility index (Phi) is 3.47. The smallest absolute Gasteiger partial charge is 0.0325 e. The van der Waals surface area contributed by atoms with Gasteiger partial charge in [-0.3, -0.25) is 0 Å². The second kappa shape index (κ2) is 4.67. The lowest BCUT2D eigenvalue weighted by molar-refractivity contribution is 0.423. The van der Waals surface area contributed by atoms with Crippen LogP contribution in [0.1, 0.15) is 43.9 Å². The van der Waals surface area contributed by atoms with Crippen LogP contribution in [0.15, 0.2) is 22.7 Å². The number of halogens is 1. The van der Waals surface area contributed by atoms with Gasteiger partial charge in [0.25, 0.3) is 0 Å². The predicted molar refractivity (Wildman–Crippen MR) is 68.1 cm³/mol. The second-order valence-electron chi connectivity index (χ2n) is 4.61. The Bertz CT molecular complexity index is 346. The molecule has 0 fully saturated rings. The van der Waals surface area contributed by atoms with E-state index < -0.39 is 0 Å². The molecule has 1 N–H and O–H groups in total. The van der Waals surface area contributed by atoms with Gasteiger partial charge in [-0.25, -0.2) is 0 Å². The number of rotatable bonds is 2. The first-order valence-electron chi connectivity index (χ1n) is 5.71. The number of benzene rings is 1. The van der Waals surface area contributed by atoms with E-state index in [1.54, 1.807) is 0 Å². The summed E-state index contributed by atoms with van der Waals surface area (Å²) in [5.74, 6) is 0. The van der Waals surface area contributed by atoms with E-state index in [0.717, 1.165) is 0 Å². The quantitative estimate of drug-likeness (QED) is 0.859. The average molecular weight is 268 g/mol. The fraction of sp³-hybridized carbons (Fsp3) is 0.538. The first-order valence-corrected chi connectivity index (χ1v) is 6.50. The van der Waals surface area contributed by atoms with Crippen LogP contribution >= 0.6 is 15.9 Å². The summed E-state index contributed by atoms with van der Waals surface area (Å²) in [4.78, 5) is 0. The summed E-state index contributed by atoms with van der Waals surface area (Å²) in [5.41, 5.74) is 3.01. The molecule has 0 spiro atoms. The molecule has 15 heavy (non-hydrogen) atoms. The van der Waals surface area contributed by atoms with E-state index in [1.807, 2.05) is 0 Å². The molecule has 0 amide bonds. The maximum absolute atomic E-state index is 3.64. The average Bonchev–Trinajstić information content (AvgIpc) is 2.16. The minimum absolute atomic E-state index is 0.557. The van der Waals surface area contributed by atoms with Crippen molar-refractivity contribution in [3.05, 3.63) is 33.8 Å². The Morgan fingerprint density at radius 2 is 2.20 bits per heavy atom. The monoisotopic (exact) mass is 267 g/mol. The maximum atomic E-state index is 3.64. The van der Waals surface area contributed by atoms with Crippen molar-refractivity contribution in [3.8, 4) is 0 Å². The van der Waals surface area contributed by atoms with Crippen LogP contribution in [0.5, 0.6) is 0 Å². The molecule has 2 heteroatoms. The molecular weight excluding hydrogens is 250 g/mol. The van der Waals surface area contributed by atoms with Crippen molar-refractivity contribution in [1.82, 2.24) is 5.32 Å². The van der Waals surface area contributed by atoms with Gasteiger partial charge in [-0.2, -0.15) is 0 Å². The molecule has 0 aliphatic heterocycles. The van der Waals surface area contributed by atoms with Gasteiger partial charge in [0.2, 0.25) is 0 Å². The van der Waals surface area contributed by atoms with Gasteiger partial charge in [-0.05, 0) is 42.5 Å². The van der Waals surface area contributed by atoms with Crippen LogP contribution in [0.2, 0.25) is 0 Å². The molecule has 0 saturated carbocycles. The normalized spacial score (nSPS) is 20.4. The molecule has 1 aromatic carbocycles. The third kappa shape index (κ3) is 2.61. The molecule has 1 aromatic rings. The van der Waals surface area contributed by atoms with Crippen molar-refractivity contribution in [1.29, 1.82) is 0 Å². The Hall–Kier alpha value is -0.340. The fourth-order valence-electron chi connectivity index (χ4n) is 2.36. The highest BCUT2D eigenvalue weighted by Gasteiger charge is 2.20. The molecular formula is C13H18BrN. The van der Waals surface area contributed by atoms with Gasteiger partial charge >= 0.3 is 0 Å². The van der Waals surface area contributed by atoms with Crippen molar-refractivity contribution in [2.75, 3.05) is 0 Å². The molecule has 0 saturated heterocycles. The summed E-state index contributed by atoms with van der Waals surface area (Å²) in [7, 11) is 0. The lowest BCUT2D eigenvalue weighted by Crippen LogP contribution is -2.30. The molecule has 0 radical (unpaired) electrons. The Morgan fingerprint density at radius 1 is 1.40 bits per heavy atom. The van der Waals surface area contributed by atoms with Crippen molar-refractivity contribution in [2.24, 2.45) is 0 Å².